The monoisotopic (exact) mass is 625 g/mol. The summed E-state index contributed by atoms with van der Waals surface area (Å²) in [5.74, 6) is -5.38. The van der Waals surface area contributed by atoms with Crippen LogP contribution in [0.2, 0.25) is 15.1 Å². The number of allylic oxidation sites excluding steroid dienone is 1. The van der Waals surface area contributed by atoms with Crippen molar-refractivity contribution in [2.45, 2.75) is 37.6 Å². The third kappa shape index (κ3) is 9.43. The Kier molecular flexibility index (Phi) is 10.9. The number of carbonyl (C=O) groups is 1. The smallest absolute Gasteiger partial charge is 0.349 e. The Morgan fingerprint density at radius 3 is 2.16 bits per heavy atom. The zero-order valence-corrected chi connectivity index (χ0v) is 23.5. The lowest BCUT2D eigenvalue weighted by Crippen LogP contribution is -2.38. The SMILES string of the molecule is Cc1cc(/C(F)=C/C(c2cc(Cl)c(Cl)c(Cl)c2)C(F)(F)P)ccc1C(=O)N[C@H](C)CS(=O)CC(F)(F)F. The molecule has 0 aliphatic carbocycles. The zero-order chi connectivity index (χ0) is 28.3. The van der Waals surface area contributed by atoms with E-state index in [9.17, 15) is 31.0 Å². The molecule has 1 amide bonds. The number of hydrogen-bond acceptors (Lipinski definition) is 2. The van der Waals surface area contributed by atoms with Crippen LogP contribution in [0.15, 0.2) is 36.4 Å². The van der Waals surface area contributed by atoms with Gasteiger partial charge in [0.1, 0.15) is 11.6 Å². The van der Waals surface area contributed by atoms with E-state index in [2.05, 4.69) is 5.32 Å². The van der Waals surface area contributed by atoms with Gasteiger partial charge >= 0.3 is 6.18 Å². The lowest BCUT2D eigenvalue weighted by molar-refractivity contribution is -0.105. The van der Waals surface area contributed by atoms with Crippen LogP contribution >= 0.6 is 44.0 Å². The Bertz CT molecular complexity index is 1200. The highest BCUT2D eigenvalue weighted by Crippen LogP contribution is 2.44. The van der Waals surface area contributed by atoms with Gasteiger partial charge in [0, 0.05) is 33.7 Å². The minimum atomic E-state index is -4.59. The van der Waals surface area contributed by atoms with E-state index < -0.39 is 57.8 Å². The van der Waals surface area contributed by atoms with E-state index in [1.807, 2.05) is 0 Å². The molecule has 14 heteroatoms. The van der Waals surface area contributed by atoms with Crippen molar-refractivity contribution in [2.24, 2.45) is 0 Å². The van der Waals surface area contributed by atoms with Gasteiger partial charge in [0.25, 0.3) is 11.6 Å². The predicted molar refractivity (Wildman–Crippen MR) is 140 cm³/mol. The second-order valence-corrected chi connectivity index (χ2v) is 11.7. The highest BCUT2D eigenvalue weighted by Gasteiger charge is 2.35. The van der Waals surface area contributed by atoms with Gasteiger partial charge in [0.2, 0.25) is 0 Å². The van der Waals surface area contributed by atoms with E-state index in [1.165, 1.54) is 41.3 Å². The summed E-state index contributed by atoms with van der Waals surface area (Å²) in [6.45, 7) is 2.87. The molecule has 1 N–H and O–H groups in total. The summed E-state index contributed by atoms with van der Waals surface area (Å²) < 4.78 is 92.5. The molecule has 3 unspecified atom stereocenters. The topological polar surface area (TPSA) is 46.2 Å². The summed E-state index contributed by atoms with van der Waals surface area (Å²) in [7, 11) is -0.885. The molecule has 0 aromatic heterocycles. The van der Waals surface area contributed by atoms with Crippen LogP contribution in [-0.2, 0) is 10.8 Å². The molecular weight excluding hydrogens is 606 g/mol. The molecule has 0 spiro atoms. The molecule has 0 aliphatic rings. The van der Waals surface area contributed by atoms with Crippen molar-refractivity contribution >= 4 is 66.6 Å². The van der Waals surface area contributed by atoms with Crippen LogP contribution in [0.25, 0.3) is 5.83 Å². The number of benzene rings is 2. The van der Waals surface area contributed by atoms with Crippen molar-refractivity contribution in [2.75, 3.05) is 11.5 Å². The third-order valence-electron chi connectivity index (χ3n) is 4.98. The molecule has 0 heterocycles. The number of amides is 1. The first-order valence-electron chi connectivity index (χ1n) is 10.4. The molecule has 204 valence electrons. The van der Waals surface area contributed by atoms with Gasteiger partial charge in [0.05, 0.1) is 21.0 Å². The van der Waals surface area contributed by atoms with Crippen LogP contribution in [0, 0.1) is 6.92 Å². The van der Waals surface area contributed by atoms with Crippen molar-refractivity contribution in [1.82, 2.24) is 5.32 Å². The Morgan fingerprint density at radius 2 is 1.68 bits per heavy atom. The number of alkyl halides is 5. The quantitative estimate of drug-likeness (QED) is 0.175. The van der Waals surface area contributed by atoms with E-state index >= 15 is 4.39 Å². The average molecular weight is 627 g/mol. The highest BCUT2D eigenvalue weighted by atomic mass is 35.5. The van der Waals surface area contributed by atoms with Crippen molar-refractivity contribution in [3.8, 4) is 0 Å². The normalized spacial score (nSPS) is 15.3. The van der Waals surface area contributed by atoms with Gasteiger partial charge in [-0.1, -0.05) is 50.1 Å². The van der Waals surface area contributed by atoms with E-state index in [0.29, 0.717) is 6.08 Å². The van der Waals surface area contributed by atoms with E-state index in [1.54, 1.807) is 0 Å². The fraction of sp³-hybridized carbons (Fsp3) is 0.348. The molecule has 0 aliphatic heterocycles. The number of nitrogens with one attached hydrogen (secondary N) is 1. The second kappa shape index (κ2) is 12.7. The van der Waals surface area contributed by atoms with Gasteiger partial charge in [-0.25, -0.2) is 13.2 Å². The summed E-state index contributed by atoms with van der Waals surface area (Å²) in [5.41, 5.74) is -3.32. The molecule has 0 saturated heterocycles. The summed E-state index contributed by atoms with van der Waals surface area (Å²) in [5, 5.41) is 2.24. The van der Waals surface area contributed by atoms with Crippen molar-refractivity contribution in [3.63, 3.8) is 0 Å². The number of rotatable bonds is 9. The van der Waals surface area contributed by atoms with Crippen LogP contribution in [0.5, 0.6) is 0 Å². The van der Waals surface area contributed by atoms with Gasteiger partial charge < -0.3 is 5.32 Å². The fourth-order valence-electron chi connectivity index (χ4n) is 3.36. The fourth-order valence-corrected chi connectivity index (χ4v) is 5.38. The first-order valence-corrected chi connectivity index (χ1v) is 13.6. The van der Waals surface area contributed by atoms with Crippen LogP contribution in [0.1, 0.15) is 39.9 Å². The first kappa shape index (κ1) is 31.9. The van der Waals surface area contributed by atoms with Crippen LogP contribution in [0.3, 0.4) is 0 Å². The van der Waals surface area contributed by atoms with Crippen LogP contribution in [0.4, 0.5) is 26.3 Å². The standard InChI is InChI=1S/C23H21Cl3F6NO2PS/c1-11-5-13(3-4-15(11)21(34)33-12(2)9-37(35)10-22(28,29)30)19(27)8-16(23(31,32)36)14-6-17(24)20(26)18(25)7-14/h3-8,12,16H,9-10,36H2,1-2H3,(H,33,34)/b19-8-/t12-,16?,37?/m1/s1. The number of hydrogen-bond donors (Lipinski definition) is 1. The zero-order valence-electron chi connectivity index (χ0n) is 19.2. The Balaban J connectivity index is 2.26. The molecule has 2 aromatic rings. The molecule has 2 rings (SSSR count). The van der Waals surface area contributed by atoms with Gasteiger partial charge in [-0.2, -0.15) is 13.2 Å². The maximum absolute atomic E-state index is 15.1. The number of halogens is 9. The molecule has 4 atom stereocenters. The molecule has 2 aromatic carbocycles. The molecule has 0 fully saturated rings. The molecule has 3 nitrogen and oxygen atoms in total. The van der Waals surface area contributed by atoms with Gasteiger partial charge in [-0.15, -0.1) is 0 Å². The minimum absolute atomic E-state index is 0.0345. The van der Waals surface area contributed by atoms with Gasteiger partial charge in [-0.05, 0) is 55.3 Å². The minimum Gasteiger partial charge on any atom is -0.349 e. The second-order valence-electron chi connectivity index (χ2n) is 8.24. The lowest BCUT2D eigenvalue weighted by atomic mass is 9.96. The Hall–Kier alpha value is -1.32. The van der Waals surface area contributed by atoms with E-state index in [4.69, 9.17) is 34.8 Å². The number of carbonyl (C=O) groups excluding carboxylic acids is 1. The summed E-state index contributed by atoms with van der Waals surface area (Å²) >= 11 is 17.7. The molecule has 0 radical (unpaired) electrons. The molecular formula is C23H21Cl3F6NO2PS. The van der Waals surface area contributed by atoms with Crippen LogP contribution in [-0.4, -0.2) is 39.5 Å². The van der Waals surface area contributed by atoms with E-state index in [-0.39, 0.29) is 37.3 Å². The van der Waals surface area contributed by atoms with Crippen LogP contribution < -0.4 is 5.32 Å². The summed E-state index contributed by atoms with van der Waals surface area (Å²) in [4.78, 5) is 12.5. The van der Waals surface area contributed by atoms with Gasteiger partial charge in [0.15, 0.2) is 0 Å². The van der Waals surface area contributed by atoms with E-state index in [0.717, 1.165) is 12.1 Å². The largest absolute Gasteiger partial charge is 0.400 e. The van der Waals surface area contributed by atoms with Crippen molar-refractivity contribution in [3.05, 3.63) is 73.7 Å². The number of aryl methyl sites for hydroxylation is 1. The Morgan fingerprint density at radius 1 is 1.11 bits per heavy atom. The summed E-state index contributed by atoms with van der Waals surface area (Å²) in [6, 6.07) is 5.17. The van der Waals surface area contributed by atoms with Crippen molar-refractivity contribution in [1.29, 1.82) is 0 Å². The molecule has 0 saturated carbocycles. The lowest BCUT2D eigenvalue weighted by Gasteiger charge is -2.22. The highest BCUT2D eigenvalue weighted by molar-refractivity contribution is 7.85. The summed E-state index contributed by atoms with van der Waals surface area (Å²) in [6.07, 6.45) is -3.90. The predicted octanol–water partition coefficient (Wildman–Crippen LogP) is 7.95. The maximum atomic E-state index is 15.1. The average Bonchev–Trinajstić information content (AvgIpc) is 2.72. The Labute approximate surface area is 229 Å². The van der Waals surface area contributed by atoms with Crippen molar-refractivity contribution < 1.29 is 35.3 Å². The molecule has 37 heavy (non-hydrogen) atoms. The third-order valence-corrected chi connectivity index (χ3v) is 8.05. The van der Waals surface area contributed by atoms with Gasteiger partial charge in [-0.3, -0.25) is 9.00 Å². The first-order chi connectivity index (χ1) is 16.9. The molecule has 0 bridgehead atoms. The maximum Gasteiger partial charge on any atom is 0.400 e.